The van der Waals surface area contributed by atoms with Crippen LogP contribution in [0.2, 0.25) is 0 Å². The van der Waals surface area contributed by atoms with Gasteiger partial charge >= 0.3 is 6.18 Å². The Morgan fingerprint density at radius 2 is 1.59 bits per heavy atom. The number of rotatable bonds is 4. The van der Waals surface area contributed by atoms with E-state index >= 15 is 0 Å². The molecule has 3 aromatic carbocycles. The van der Waals surface area contributed by atoms with E-state index in [1.807, 2.05) is 42.5 Å². The first-order valence-electron chi connectivity index (χ1n) is 8.93. The third-order valence-electron chi connectivity index (χ3n) is 4.52. The van der Waals surface area contributed by atoms with Crippen molar-refractivity contribution in [1.29, 1.82) is 0 Å². The van der Waals surface area contributed by atoms with Crippen molar-refractivity contribution >= 4 is 22.6 Å². The van der Waals surface area contributed by atoms with Crippen LogP contribution < -0.4 is 5.32 Å². The van der Waals surface area contributed by atoms with Gasteiger partial charge in [-0.15, -0.1) is 0 Å². The third kappa shape index (κ3) is 4.32. The molecule has 1 N–H and O–H groups in total. The number of fused-ring (bicyclic) bond motifs is 1. The van der Waals surface area contributed by atoms with E-state index in [1.165, 1.54) is 12.1 Å². The Morgan fingerprint density at radius 1 is 0.897 bits per heavy atom. The van der Waals surface area contributed by atoms with Gasteiger partial charge in [0.25, 0.3) is 0 Å². The van der Waals surface area contributed by atoms with Crippen molar-refractivity contribution in [2.45, 2.75) is 12.6 Å². The zero-order valence-corrected chi connectivity index (χ0v) is 15.2. The van der Waals surface area contributed by atoms with Gasteiger partial charge in [-0.2, -0.15) is 13.2 Å². The van der Waals surface area contributed by atoms with Crippen LogP contribution in [0, 0.1) is 0 Å². The molecule has 0 radical (unpaired) electrons. The van der Waals surface area contributed by atoms with Crippen molar-refractivity contribution < 1.29 is 22.4 Å². The largest absolute Gasteiger partial charge is 0.456 e. The quantitative estimate of drug-likeness (QED) is 0.441. The Kier molecular flexibility index (Phi) is 4.84. The second-order valence-electron chi connectivity index (χ2n) is 6.65. The van der Waals surface area contributed by atoms with E-state index in [0.29, 0.717) is 11.3 Å². The molecule has 0 aliphatic rings. The fraction of sp³-hybridized carbons (Fsp3) is 0.0870. The first kappa shape index (κ1) is 18.8. The maximum Gasteiger partial charge on any atom is 0.416 e. The average Bonchev–Trinajstić information content (AvgIpc) is 3.12. The van der Waals surface area contributed by atoms with Crippen molar-refractivity contribution in [3.8, 4) is 11.3 Å². The van der Waals surface area contributed by atoms with Crippen LogP contribution in [0.3, 0.4) is 0 Å². The second-order valence-corrected chi connectivity index (χ2v) is 6.65. The van der Waals surface area contributed by atoms with E-state index in [2.05, 4.69) is 5.32 Å². The van der Waals surface area contributed by atoms with Crippen molar-refractivity contribution in [2.24, 2.45) is 0 Å². The number of nitrogens with one attached hydrogen (secondary N) is 1. The molecule has 6 heteroatoms. The smallest absolute Gasteiger partial charge is 0.416 e. The molecular formula is C23H16F3NO2. The number of hydrogen-bond donors (Lipinski definition) is 1. The van der Waals surface area contributed by atoms with Crippen LogP contribution in [0.5, 0.6) is 0 Å². The lowest BCUT2D eigenvalue weighted by Gasteiger charge is -2.08. The zero-order valence-electron chi connectivity index (χ0n) is 15.2. The lowest BCUT2D eigenvalue weighted by atomic mass is 10.1. The van der Waals surface area contributed by atoms with Crippen LogP contribution in [0.1, 0.15) is 11.1 Å². The van der Waals surface area contributed by atoms with Crippen LogP contribution in [-0.4, -0.2) is 5.91 Å². The van der Waals surface area contributed by atoms with Gasteiger partial charge in [-0.05, 0) is 54.1 Å². The van der Waals surface area contributed by atoms with Crippen molar-refractivity contribution in [2.75, 3.05) is 5.32 Å². The molecule has 29 heavy (non-hydrogen) atoms. The number of benzene rings is 3. The first-order chi connectivity index (χ1) is 13.9. The van der Waals surface area contributed by atoms with Gasteiger partial charge in [0, 0.05) is 16.6 Å². The predicted octanol–water partition coefficient (Wildman–Crippen LogP) is 6.30. The lowest BCUT2D eigenvalue weighted by Crippen LogP contribution is -2.14. The lowest BCUT2D eigenvalue weighted by molar-refractivity contribution is -0.137. The number of carbonyl (C=O) groups is 1. The van der Waals surface area contributed by atoms with Crippen LogP contribution in [0.15, 0.2) is 83.3 Å². The summed E-state index contributed by atoms with van der Waals surface area (Å²) < 4.78 is 43.6. The van der Waals surface area contributed by atoms with Gasteiger partial charge in [-0.3, -0.25) is 4.79 Å². The molecule has 4 rings (SSSR count). The minimum absolute atomic E-state index is 0.0105. The summed E-state index contributed by atoms with van der Waals surface area (Å²) in [6, 6.07) is 21.4. The van der Waals surface area contributed by atoms with E-state index in [0.717, 1.165) is 34.4 Å². The van der Waals surface area contributed by atoms with Gasteiger partial charge in [0.1, 0.15) is 11.3 Å². The van der Waals surface area contributed by atoms with Crippen molar-refractivity contribution in [1.82, 2.24) is 0 Å². The molecule has 0 bridgehead atoms. The Bertz CT molecular complexity index is 1110. The summed E-state index contributed by atoms with van der Waals surface area (Å²) in [4.78, 5) is 12.2. The molecule has 0 aliphatic heterocycles. The monoisotopic (exact) mass is 395 g/mol. The van der Waals surface area contributed by atoms with Gasteiger partial charge in [0.05, 0.1) is 12.0 Å². The summed E-state index contributed by atoms with van der Waals surface area (Å²) in [5.41, 5.74) is 2.05. The van der Waals surface area contributed by atoms with Crippen molar-refractivity contribution in [3.05, 3.63) is 90.0 Å². The molecule has 4 aromatic rings. The minimum Gasteiger partial charge on any atom is -0.456 e. The highest BCUT2D eigenvalue weighted by atomic mass is 19.4. The highest BCUT2D eigenvalue weighted by molar-refractivity contribution is 5.92. The summed E-state index contributed by atoms with van der Waals surface area (Å²) in [6.45, 7) is 0. The number of alkyl halides is 3. The Balaban J connectivity index is 1.41. The SMILES string of the molecule is O=C(Cc1ccc(C(F)(F)F)cc1)Nc1ccc(-c2cc3ccccc3o2)cc1. The van der Waals surface area contributed by atoms with Gasteiger partial charge in [0.2, 0.25) is 5.91 Å². The van der Waals surface area contributed by atoms with E-state index in [1.54, 1.807) is 12.1 Å². The standard InChI is InChI=1S/C23H16F3NO2/c24-23(25,26)18-9-5-15(6-10-18)13-22(28)27-19-11-7-16(8-12-19)21-14-17-3-1-2-4-20(17)29-21/h1-12,14H,13H2,(H,27,28). The van der Waals surface area contributed by atoms with Gasteiger partial charge in [-0.25, -0.2) is 0 Å². The predicted molar refractivity (Wildman–Crippen MR) is 105 cm³/mol. The molecule has 0 unspecified atom stereocenters. The number of amides is 1. The number of hydrogen-bond acceptors (Lipinski definition) is 2. The molecule has 1 amide bonds. The third-order valence-corrected chi connectivity index (χ3v) is 4.52. The number of halogens is 3. The van der Waals surface area contributed by atoms with Crippen LogP contribution in [-0.2, 0) is 17.4 Å². The normalized spacial score (nSPS) is 11.6. The fourth-order valence-corrected chi connectivity index (χ4v) is 3.04. The topological polar surface area (TPSA) is 42.2 Å². The van der Waals surface area contributed by atoms with Crippen LogP contribution in [0.4, 0.5) is 18.9 Å². The Hall–Kier alpha value is -3.54. The molecule has 1 aromatic heterocycles. The molecular weight excluding hydrogens is 379 g/mol. The summed E-state index contributed by atoms with van der Waals surface area (Å²) in [7, 11) is 0. The maximum atomic E-state index is 12.6. The number of carbonyl (C=O) groups excluding carboxylic acids is 1. The first-order valence-corrected chi connectivity index (χ1v) is 8.93. The van der Waals surface area contributed by atoms with E-state index in [-0.39, 0.29) is 12.3 Å². The van der Waals surface area contributed by atoms with Gasteiger partial charge in [0.15, 0.2) is 0 Å². The zero-order chi connectivity index (χ0) is 20.4. The summed E-state index contributed by atoms with van der Waals surface area (Å²) >= 11 is 0. The molecule has 0 saturated carbocycles. The fourth-order valence-electron chi connectivity index (χ4n) is 3.04. The summed E-state index contributed by atoms with van der Waals surface area (Å²) in [5, 5.41) is 3.76. The molecule has 3 nitrogen and oxygen atoms in total. The maximum absolute atomic E-state index is 12.6. The molecule has 146 valence electrons. The van der Waals surface area contributed by atoms with E-state index in [4.69, 9.17) is 4.42 Å². The number of anilines is 1. The summed E-state index contributed by atoms with van der Waals surface area (Å²) in [6.07, 6.45) is -4.40. The molecule has 0 aliphatic carbocycles. The number of para-hydroxylation sites is 1. The summed E-state index contributed by atoms with van der Waals surface area (Å²) in [5.74, 6) is 0.426. The molecule has 0 saturated heterocycles. The van der Waals surface area contributed by atoms with Crippen LogP contribution >= 0.6 is 0 Å². The highest BCUT2D eigenvalue weighted by Gasteiger charge is 2.29. The van der Waals surface area contributed by atoms with Gasteiger partial charge < -0.3 is 9.73 Å². The highest BCUT2D eigenvalue weighted by Crippen LogP contribution is 2.30. The number of furan rings is 1. The van der Waals surface area contributed by atoms with Crippen LogP contribution in [0.25, 0.3) is 22.3 Å². The molecule has 0 atom stereocenters. The average molecular weight is 395 g/mol. The minimum atomic E-state index is -4.39. The van der Waals surface area contributed by atoms with Crippen molar-refractivity contribution in [3.63, 3.8) is 0 Å². The Labute approximate surface area is 164 Å². The molecule has 0 spiro atoms. The second kappa shape index (κ2) is 7.47. The van der Waals surface area contributed by atoms with E-state index in [9.17, 15) is 18.0 Å². The molecule has 0 fully saturated rings. The molecule has 1 heterocycles. The van der Waals surface area contributed by atoms with Gasteiger partial charge in [-0.1, -0.05) is 30.3 Å². The van der Waals surface area contributed by atoms with E-state index < -0.39 is 11.7 Å². The Morgan fingerprint density at radius 3 is 2.24 bits per heavy atom.